The molecule has 2 atom stereocenters. The number of hydrogen-bond acceptors (Lipinski definition) is 3. The number of thioether (sulfide) groups is 1. The minimum absolute atomic E-state index is 0.158. The Labute approximate surface area is 124 Å². The Hall–Kier alpha value is -1.26. The van der Waals surface area contributed by atoms with Gasteiger partial charge in [-0.3, -0.25) is 4.79 Å². The van der Waals surface area contributed by atoms with Gasteiger partial charge in [0.15, 0.2) is 0 Å². The van der Waals surface area contributed by atoms with Crippen molar-refractivity contribution in [3.8, 4) is 0 Å². The van der Waals surface area contributed by atoms with Crippen LogP contribution in [0.4, 0.5) is 0 Å². The van der Waals surface area contributed by atoms with Crippen LogP contribution in [-0.2, 0) is 4.79 Å². The molecular formula is C16H21NO2S. The number of amides is 1. The van der Waals surface area contributed by atoms with E-state index in [1.165, 1.54) is 6.08 Å². The Morgan fingerprint density at radius 3 is 2.85 bits per heavy atom. The number of benzene rings is 1. The van der Waals surface area contributed by atoms with Crippen molar-refractivity contribution in [2.45, 2.75) is 30.6 Å². The quantitative estimate of drug-likeness (QED) is 0.792. The molecule has 0 aromatic heterocycles. The van der Waals surface area contributed by atoms with Gasteiger partial charge in [-0.2, -0.15) is 11.8 Å². The van der Waals surface area contributed by atoms with Crippen LogP contribution < -0.4 is 5.32 Å². The van der Waals surface area contributed by atoms with Crippen LogP contribution in [0.5, 0.6) is 0 Å². The Bertz CT molecular complexity index is 475. The third-order valence-corrected chi connectivity index (χ3v) is 5.01. The zero-order valence-corrected chi connectivity index (χ0v) is 12.5. The largest absolute Gasteiger partial charge is 0.387 e. The lowest BCUT2D eigenvalue weighted by molar-refractivity contribution is -0.118. The maximum absolute atomic E-state index is 11.8. The number of nitrogens with one attached hydrogen (secondary N) is 1. The third-order valence-electron chi connectivity index (χ3n) is 3.60. The van der Waals surface area contributed by atoms with Gasteiger partial charge < -0.3 is 10.4 Å². The summed E-state index contributed by atoms with van der Waals surface area (Å²) >= 11 is 1.77. The van der Waals surface area contributed by atoms with Crippen LogP contribution >= 0.6 is 11.8 Å². The van der Waals surface area contributed by atoms with Gasteiger partial charge in [0.05, 0.1) is 5.60 Å². The van der Waals surface area contributed by atoms with E-state index in [1.807, 2.05) is 30.3 Å². The van der Waals surface area contributed by atoms with Crippen molar-refractivity contribution in [2.75, 3.05) is 12.3 Å². The van der Waals surface area contributed by atoms with Crippen LogP contribution in [0.3, 0.4) is 0 Å². The molecule has 4 heteroatoms. The van der Waals surface area contributed by atoms with Crippen LogP contribution in [0.15, 0.2) is 36.4 Å². The molecule has 0 spiro atoms. The minimum atomic E-state index is -0.725. The number of hydrogen-bond donors (Lipinski definition) is 2. The number of carbonyl (C=O) groups excluding carboxylic acids is 1. The lowest BCUT2D eigenvalue weighted by Crippen LogP contribution is -2.56. The molecule has 0 aliphatic heterocycles. The zero-order valence-electron chi connectivity index (χ0n) is 11.7. The Balaban J connectivity index is 1.79. The first kappa shape index (κ1) is 15.1. The SMILES string of the molecule is CCS[C@H]1CC[C@]1(O)CNC(=O)/C=C/c1ccccc1. The highest BCUT2D eigenvalue weighted by molar-refractivity contribution is 8.00. The second-order valence-corrected chi connectivity index (χ2v) is 6.53. The van der Waals surface area contributed by atoms with Crippen molar-refractivity contribution in [3.05, 3.63) is 42.0 Å². The molecule has 108 valence electrons. The molecule has 0 saturated heterocycles. The van der Waals surface area contributed by atoms with Crippen molar-refractivity contribution >= 4 is 23.7 Å². The highest BCUT2D eigenvalue weighted by atomic mass is 32.2. The van der Waals surface area contributed by atoms with Crippen LogP contribution in [0.2, 0.25) is 0 Å². The van der Waals surface area contributed by atoms with Gasteiger partial charge in [-0.25, -0.2) is 0 Å². The predicted molar refractivity (Wildman–Crippen MR) is 84.6 cm³/mol. The number of aliphatic hydroxyl groups is 1. The molecular weight excluding hydrogens is 270 g/mol. The molecule has 0 radical (unpaired) electrons. The highest BCUT2D eigenvalue weighted by Gasteiger charge is 2.45. The van der Waals surface area contributed by atoms with E-state index >= 15 is 0 Å². The van der Waals surface area contributed by atoms with E-state index in [0.717, 1.165) is 24.2 Å². The molecule has 1 saturated carbocycles. The second kappa shape index (κ2) is 6.95. The van der Waals surface area contributed by atoms with Crippen LogP contribution in [-0.4, -0.2) is 34.2 Å². The molecule has 0 unspecified atom stereocenters. The maximum Gasteiger partial charge on any atom is 0.244 e. The molecule has 1 aliphatic rings. The standard InChI is InChI=1S/C16H21NO2S/c1-2-20-14-10-11-16(14,19)12-17-15(18)9-8-13-6-4-3-5-7-13/h3-9,14,19H,2,10-12H2,1H3,(H,17,18)/b9-8+/t14-,16-/m0/s1. The smallest absolute Gasteiger partial charge is 0.244 e. The molecule has 1 aromatic carbocycles. The fourth-order valence-electron chi connectivity index (χ4n) is 2.27. The van der Waals surface area contributed by atoms with E-state index in [1.54, 1.807) is 17.8 Å². The van der Waals surface area contributed by atoms with Gasteiger partial charge in [-0.15, -0.1) is 0 Å². The summed E-state index contributed by atoms with van der Waals surface area (Å²) in [6, 6.07) is 9.69. The monoisotopic (exact) mass is 291 g/mol. The fraction of sp³-hybridized carbons (Fsp3) is 0.438. The van der Waals surface area contributed by atoms with Crippen molar-refractivity contribution in [2.24, 2.45) is 0 Å². The Morgan fingerprint density at radius 2 is 2.25 bits per heavy atom. The molecule has 1 aliphatic carbocycles. The van der Waals surface area contributed by atoms with Crippen molar-refractivity contribution < 1.29 is 9.90 Å². The van der Waals surface area contributed by atoms with Gasteiger partial charge in [-0.1, -0.05) is 37.3 Å². The molecule has 1 aromatic rings. The summed E-state index contributed by atoms with van der Waals surface area (Å²) < 4.78 is 0. The molecule has 1 fully saturated rings. The lowest BCUT2D eigenvalue weighted by Gasteiger charge is -2.44. The van der Waals surface area contributed by atoms with E-state index in [2.05, 4.69) is 12.2 Å². The van der Waals surface area contributed by atoms with E-state index in [4.69, 9.17) is 0 Å². The first-order chi connectivity index (χ1) is 9.64. The summed E-state index contributed by atoms with van der Waals surface area (Å²) in [6.45, 7) is 2.42. The van der Waals surface area contributed by atoms with E-state index < -0.39 is 5.60 Å². The summed E-state index contributed by atoms with van der Waals surface area (Å²) in [5.41, 5.74) is 0.265. The van der Waals surface area contributed by atoms with Crippen molar-refractivity contribution in [1.29, 1.82) is 0 Å². The summed E-state index contributed by atoms with van der Waals surface area (Å²) in [6.07, 6.45) is 5.09. The Kier molecular flexibility index (Phi) is 5.26. The summed E-state index contributed by atoms with van der Waals surface area (Å²) in [4.78, 5) is 11.8. The molecule has 20 heavy (non-hydrogen) atoms. The van der Waals surface area contributed by atoms with Crippen molar-refractivity contribution in [1.82, 2.24) is 5.32 Å². The average Bonchev–Trinajstić information content (AvgIpc) is 2.48. The summed E-state index contributed by atoms with van der Waals surface area (Å²) in [7, 11) is 0. The van der Waals surface area contributed by atoms with Gasteiger partial charge in [0.2, 0.25) is 5.91 Å². The minimum Gasteiger partial charge on any atom is -0.387 e. The molecule has 0 heterocycles. The average molecular weight is 291 g/mol. The molecule has 1 amide bonds. The van der Waals surface area contributed by atoms with Crippen LogP contribution in [0.1, 0.15) is 25.3 Å². The highest BCUT2D eigenvalue weighted by Crippen LogP contribution is 2.40. The molecule has 3 nitrogen and oxygen atoms in total. The van der Waals surface area contributed by atoms with Crippen LogP contribution in [0, 0.1) is 0 Å². The Morgan fingerprint density at radius 1 is 1.50 bits per heavy atom. The van der Waals surface area contributed by atoms with Gasteiger partial charge >= 0.3 is 0 Å². The summed E-state index contributed by atoms with van der Waals surface area (Å²) in [5.74, 6) is 0.837. The third kappa shape index (κ3) is 3.87. The van der Waals surface area contributed by atoms with Crippen LogP contribution in [0.25, 0.3) is 6.08 Å². The maximum atomic E-state index is 11.8. The fourth-order valence-corrected chi connectivity index (χ4v) is 3.47. The zero-order chi connectivity index (χ0) is 14.4. The van der Waals surface area contributed by atoms with Gasteiger partial charge in [-0.05, 0) is 30.2 Å². The normalized spacial score (nSPS) is 25.4. The molecule has 2 N–H and O–H groups in total. The molecule has 2 rings (SSSR count). The van der Waals surface area contributed by atoms with Gasteiger partial charge in [0.1, 0.15) is 0 Å². The first-order valence-corrected chi connectivity index (χ1v) is 8.04. The van der Waals surface area contributed by atoms with E-state index in [9.17, 15) is 9.90 Å². The lowest BCUT2D eigenvalue weighted by atomic mass is 9.79. The number of carbonyl (C=O) groups is 1. The van der Waals surface area contributed by atoms with E-state index in [0.29, 0.717) is 6.54 Å². The summed E-state index contributed by atoms with van der Waals surface area (Å²) in [5, 5.41) is 13.4. The van der Waals surface area contributed by atoms with Crippen molar-refractivity contribution in [3.63, 3.8) is 0 Å². The van der Waals surface area contributed by atoms with Gasteiger partial charge in [0, 0.05) is 17.9 Å². The first-order valence-electron chi connectivity index (χ1n) is 6.99. The predicted octanol–water partition coefficient (Wildman–Crippen LogP) is 2.46. The number of rotatable bonds is 6. The second-order valence-electron chi connectivity index (χ2n) is 5.05. The topological polar surface area (TPSA) is 49.3 Å². The van der Waals surface area contributed by atoms with E-state index in [-0.39, 0.29) is 11.2 Å². The van der Waals surface area contributed by atoms with Gasteiger partial charge in [0.25, 0.3) is 0 Å². The molecule has 0 bridgehead atoms.